The SMILES string of the molecule is CCc1ccc2c(c1)OCCOCCOc1ccc(C(C)=O)cc1OCCOCCO2. The Morgan fingerprint density at radius 3 is 1.68 bits per heavy atom. The number of carbonyl (C=O) groups is 1. The van der Waals surface area contributed by atoms with Gasteiger partial charge in [-0.1, -0.05) is 13.0 Å². The van der Waals surface area contributed by atoms with E-state index < -0.39 is 0 Å². The maximum atomic E-state index is 11.7. The lowest BCUT2D eigenvalue weighted by Gasteiger charge is -2.16. The first kappa shape index (κ1) is 22.9. The molecule has 7 nitrogen and oxygen atoms in total. The molecule has 0 atom stereocenters. The summed E-state index contributed by atoms with van der Waals surface area (Å²) in [6, 6.07) is 11.1. The zero-order valence-corrected chi connectivity index (χ0v) is 18.2. The van der Waals surface area contributed by atoms with Gasteiger partial charge in [0.2, 0.25) is 0 Å². The van der Waals surface area contributed by atoms with Crippen LogP contribution in [0.2, 0.25) is 0 Å². The van der Waals surface area contributed by atoms with Crippen LogP contribution in [0.1, 0.15) is 29.8 Å². The average molecular weight is 430 g/mol. The van der Waals surface area contributed by atoms with E-state index >= 15 is 0 Å². The van der Waals surface area contributed by atoms with Gasteiger partial charge in [-0.05, 0) is 49.2 Å². The first-order valence-electron chi connectivity index (χ1n) is 10.6. The summed E-state index contributed by atoms with van der Waals surface area (Å²) in [5.74, 6) is 2.44. The molecule has 7 heteroatoms. The fourth-order valence-electron chi connectivity index (χ4n) is 3.01. The molecular formula is C24H30O7. The van der Waals surface area contributed by atoms with Crippen molar-refractivity contribution in [1.29, 1.82) is 0 Å². The molecule has 0 radical (unpaired) electrons. The summed E-state index contributed by atoms with van der Waals surface area (Å²) in [4.78, 5) is 11.7. The number of hydrogen-bond acceptors (Lipinski definition) is 7. The van der Waals surface area contributed by atoms with Crippen molar-refractivity contribution < 1.29 is 33.2 Å². The molecule has 1 aliphatic rings. The van der Waals surface area contributed by atoms with Crippen molar-refractivity contribution in [3.05, 3.63) is 47.5 Å². The van der Waals surface area contributed by atoms with Gasteiger partial charge >= 0.3 is 0 Å². The Labute approximate surface area is 183 Å². The molecule has 0 saturated heterocycles. The summed E-state index contributed by atoms with van der Waals surface area (Å²) in [5.41, 5.74) is 1.75. The molecule has 0 N–H and O–H groups in total. The predicted molar refractivity (Wildman–Crippen MR) is 116 cm³/mol. The molecule has 1 aliphatic heterocycles. The van der Waals surface area contributed by atoms with E-state index in [1.807, 2.05) is 18.2 Å². The minimum absolute atomic E-state index is 0.0334. The van der Waals surface area contributed by atoms with Crippen molar-refractivity contribution >= 4 is 5.78 Å². The average Bonchev–Trinajstić information content (AvgIpc) is 2.78. The van der Waals surface area contributed by atoms with E-state index in [0.29, 0.717) is 81.4 Å². The number of ether oxygens (including phenoxy) is 6. The van der Waals surface area contributed by atoms with Crippen LogP contribution in [-0.4, -0.2) is 58.6 Å². The topological polar surface area (TPSA) is 72.5 Å². The number of carbonyl (C=O) groups excluding carboxylic acids is 1. The molecule has 0 bridgehead atoms. The molecule has 168 valence electrons. The van der Waals surface area contributed by atoms with Crippen LogP contribution in [0.4, 0.5) is 0 Å². The van der Waals surface area contributed by atoms with Gasteiger partial charge in [0.15, 0.2) is 28.8 Å². The first-order valence-corrected chi connectivity index (χ1v) is 10.6. The second kappa shape index (κ2) is 12.2. The molecule has 2 aromatic carbocycles. The summed E-state index contributed by atoms with van der Waals surface area (Å²) in [6.07, 6.45) is 0.920. The fourth-order valence-corrected chi connectivity index (χ4v) is 3.01. The quantitative estimate of drug-likeness (QED) is 0.673. The molecule has 0 aliphatic carbocycles. The summed E-state index contributed by atoms with van der Waals surface area (Å²) < 4.78 is 34.6. The van der Waals surface area contributed by atoms with Crippen molar-refractivity contribution in [2.75, 3.05) is 52.9 Å². The third-order valence-corrected chi connectivity index (χ3v) is 4.71. The lowest BCUT2D eigenvalue weighted by molar-refractivity contribution is 0.0639. The van der Waals surface area contributed by atoms with E-state index in [4.69, 9.17) is 28.4 Å². The molecule has 0 unspecified atom stereocenters. The number of aryl methyl sites for hydroxylation is 1. The molecule has 0 aromatic heterocycles. The molecule has 0 spiro atoms. The maximum Gasteiger partial charge on any atom is 0.162 e. The van der Waals surface area contributed by atoms with Crippen LogP contribution in [0.5, 0.6) is 23.0 Å². The normalized spacial score (nSPS) is 16.1. The Morgan fingerprint density at radius 1 is 0.677 bits per heavy atom. The summed E-state index contributed by atoms with van der Waals surface area (Å²) in [6.45, 7) is 6.72. The second-order valence-corrected chi connectivity index (χ2v) is 6.97. The van der Waals surface area contributed by atoms with Crippen LogP contribution >= 0.6 is 0 Å². The van der Waals surface area contributed by atoms with Gasteiger partial charge in [0.1, 0.15) is 26.4 Å². The molecule has 0 amide bonds. The van der Waals surface area contributed by atoms with E-state index in [1.54, 1.807) is 18.2 Å². The van der Waals surface area contributed by atoms with E-state index in [0.717, 1.165) is 6.42 Å². The smallest absolute Gasteiger partial charge is 0.162 e. The lowest BCUT2D eigenvalue weighted by atomic mass is 10.1. The number of fused-ring (bicyclic) bond motifs is 2. The van der Waals surface area contributed by atoms with Crippen LogP contribution in [-0.2, 0) is 15.9 Å². The minimum atomic E-state index is -0.0334. The monoisotopic (exact) mass is 430 g/mol. The van der Waals surface area contributed by atoms with Crippen LogP contribution in [0, 0.1) is 0 Å². The highest BCUT2D eigenvalue weighted by Crippen LogP contribution is 2.30. The van der Waals surface area contributed by atoms with Crippen molar-refractivity contribution in [3.63, 3.8) is 0 Å². The van der Waals surface area contributed by atoms with Crippen LogP contribution in [0.15, 0.2) is 36.4 Å². The number of Topliss-reactive ketones (excluding diaryl/α,β-unsaturated/α-hetero) is 1. The Hall–Kier alpha value is -2.77. The predicted octanol–water partition coefficient (Wildman–Crippen LogP) is 3.71. The zero-order chi connectivity index (χ0) is 21.9. The summed E-state index contributed by atoms with van der Waals surface area (Å²) in [7, 11) is 0. The van der Waals surface area contributed by atoms with E-state index in [-0.39, 0.29) is 5.78 Å². The molecule has 2 aromatic rings. The number of benzene rings is 2. The Balaban J connectivity index is 1.63. The third-order valence-electron chi connectivity index (χ3n) is 4.71. The van der Waals surface area contributed by atoms with Crippen molar-refractivity contribution in [1.82, 2.24) is 0 Å². The highest BCUT2D eigenvalue weighted by atomic mass is 16.6. The highest BCUT2D eigenvalue weighted by Gasteiger charge is 2.11. The van der Waals surface area contributed by atoms with Gasteiger partial charge < -0.3 is 28.4 Å². The van der Waals surface area contributed by atoms with Crippen molar-refractivity contribution in [2.24, 2.45) is 0 Å². The van der Waals surface area contributed by atoms with Gasteiger partial charge in [-0.3, -0.25) is 4.79 Å². The van der Waals surface area contributed by atoms with Crippen LogP contribution in [0.3, 0.4) is 0 Å². The molecule has 0 saturated carbocycles. The Morgan fingerprint density at radius 2 is 1.16 bits per heavy atom. The van der Waals surface area contributed by atoms with Gasteiger partial charge in [0, 0.05) is 5.56 Å². The minimum Gasteiger partial charge on any atom is -0.487 e. The molecular weight excluding hydrogens is 400 g/mol. The van der Waals surface area contributed by atoms with Gasteiger partial charge in [-0.25, -0.2) is 0 Å². The van der Waals surface area contributed by atoms with Gasteiger partial charge in [0.25, 0.3) is 0 Å². The standard InChI is InChI=1S/C24H30O7/c1-3-19-4-6-21-23(16-19)30-14-10-26-9-13-29-22-7-5-20(18(2)25)17-24(22)31-15-11-27-8-12-28-21/h4-7,16-17H,3,8-15H2,1-2H3. The molecule has 31 heavy (non-hydrogen) atoms. The van der Waals surface area contributed by atoms with Gasteiger partial charge in [0.05, 0.1) is 26.4 Å². The lowest BCUT2D eigenvalue weighted by Crippen LogP contribution is -2.15. The van der Waals surface area contributed by atoms with E-state index in [9.17, 15) is 4.79 Å². The zero-order valence-electron chi connectivity index (χ0n) is 18.2. The number of ketones is 1. The van der Waals surface area contributed by atoms with E-state index in [2.05, 4.69) is 6.92 Å². The largest absolute Gasteiger partial charge is 0.487 e. The third kappa shape index (κ3) is 7.15. The van der Waals surface area contributed by atoms with Crippen LogP contribution < -0.4 is 18.9 Å². The molecule has 0 fully saturated rings. The Bertz CT molecular complexity index is 850. The number of hydrogen-bond donors (Lipinski definition) is 0. The van der Waals surface area contributed by atoms with Crippen molar-refractivity contribution in [2.45, 2.75) is 20.3 Å². The first-order chi connectivity index (χ1) is 15.2. The van der Waals surface area contributed by atoms with Gasteiger partial charge in [-0.2, -0.15) is 0 Å². The van der Waals surface area contributed by atoms with E-state index in [1.165, 1.54) is 12.5 Å². The summed E-state index contributed by atoms with van der Waals surface area (Å²) in [5, 5.41) is 0. The fraction of sp³-hybridized carbons (Fsp3) is 0.458. The maximum absolute atomic E-state index is 11.7. The molecule has 1 heterocycles. The summed E-state index contributed by atoms with van der Waals surface area (Å²) >= 11 is 0. The highest BCUT2D eigenvalue weighted by molar-refractivity contribution is 5.94. The molecule has 3 rings (SSSR count). The second-order valence-electron chi connectivity index (χ2n) is 6.97. The number of rotatable bonds is 2. The van der Waals surface area contributed by atoms with Crippen LogP contribution in [0.25, 0.3) is 0 Å². The van der Waals surface area contributed by atoms with Gasteiger partial charge in [-0.15, -0.1) is 0 Å². The Kier molecular flexibility index (Phi) is 8.99. The van der Waals surface area contributed by atoms with Crippen molar-refractivity contribution in [3.8, 4) is 23.0 Å².